The van der Waals surface area contributed by atoms with Crippen LogP contribution in [0.2, 0.25) is 0 Å². The van der Waals surface area contributed by atoms with Gasteiger partial charge in [0.15, 0.2) is 5.82 Å². The molecule has 3 aromatic rings. The molecule has 0 radical (unpaired) electrons. The van der Waals surface area contributed by atoms with Crippen LogP contribution < -0.4 is 4.90 Å². The number of hydrogen-bond donors (Lipinski definition) is 1. The molecule has 3 heterocycles. The van der Waals surface area contributed by atoms with Crippen LogP contribution in [-0.2, 0) is 11.2 Å². The van der Waals surface area contributed by atoms with Gasteiger partial charge in [-0.05, 0) is 37.5 Å². The number of hydrogen-bond acceptors (Lipinski definition) is 5. The highest BCUT2D eigenvalue weighted by Gasteiger charge is 2.29. The van der Waals surface area contributed by atoms with Crippen molar-refractivity contribution >= 4 is 22.8 Å². The van der Waals surface area contributed by atoms with Gasteiger partial charge < -0.3 is 14.4 Å². The largest absolute Gasteiger partial charge is 0.481 e. The predicted molar refractivity (Wildman–Crippen MR) is 104 cm³/mol. The number of carboxylic acids is 1. The van der Waals surface area contributed by atoms with Crippen molar-refractivity contribution in [2.45, 2.75) is 31.9 Å². The average Bonchev–Trinajstić information content (AvgIpc) is 3.11. The van der Waals surface area contributed by atoms with Crippen LogP contribution in [0.1, 0.15) is 25.0 Å². The van der Waals surface area contributed by atoms with Gasteiger partial charge in [0.2, 0.25) is 0 Å². The molecule has 2 aromatic heterocycles. The summed E-state index contributed by atoms with van der Waals surface area (Å²) in [5.41, 5.74) is 1.61. The zero-order valence-electron chi connectivity index (χ0n) is 16.3. The number of aryl methyl sites for hydroxylation is 1. The van der Waals surface area contributed by atoms with E-state index in [0.717, 1.165) is 0 Å². The predicted octanol–water partition coefficient (Wildman–Crippen LogP) is 4.82. The van der Waals surface area contributed by atoms with E-state index in [9.17, 15) is 27.5 Å². The van der Waals surface area contributed by atoms with E-state index in [4.69, 9.17) is 4.42 Å². The van der Waals surface area contributed by atoms with Gasteiger partial charge in [-0.1, -0.05) is 0 Å². The Labute approximate surface area is 174 Å². The highest BCUT2D eigenvalue weighted by molar-refractivity contribution is 5.85. The molecule has 6 nitrogen and oxygen atoms in total. The van der Waals surface area contributed by atoms with Crippen molar-refractivity contribution in [3.8, 4) is 11.3 Å². The SMILES string of the molecule is O=C(O)C1CCN(c2nc(CCC(F)(F)F)cnc2-c2ccc3oc(F)cc3c2)CC1. The van der Waals surface area contributed by atoms with Crippen molar-refractivity contribution in [2.75, 3.05) is 18.0 Å². The summed E-state index contributed by atoms with van der Waals surface area (Å²) in [6, 6.07) is 5.46. The van der Waals surface area contributed by atoms with Crippen molar-refractivity contribution in [1.29, 1.82) is 0 Å². The number of nitrogens with zero attached hydrogens (tertiary/aromatic N) is 3. The van der Waals surface area contributed by atoms with Gasteiger partial charge >= 0.3 is 12.1 Å². The van der Waals surface area contributed by atoms with E-state index in [-0.39, 0.29) is 12.1 Å². The fourth-order valence-corrected chi connectivity index (χ4v) is 3.73. The molecule has 1 N–H and O–H groups in total. The summed E-state index contributed by atoms with van der Waals surface area (Å²) < 4.78 is 56.3. The molecule has 1 fully saturated rings. The third-order valence-electron chi connectivity index (χ3n) is 5.37. The Hall–Kier alpha value is -3.17. The summed E-state index contributed by atoms with van der Waals surface area (Å²) >= 11 is 0. The molecule has 0 amide bonds. The number of carboxylic acid groups (broad SMARTS) is 1. The summed E-state index contributed by atoms with van der Waals surface area (Å²) in [5, 5.41) is 9.75. The van der Waals surface area contributed by atoms with Crippen LogP contribution in [0.5, 0.6) is 0 Å². The molecule has 10 heteroatoms. The van der Waals surface area contributed by atoms with Crippen molar-refractivity contribution in [1.82, 2.24) is 9.97 Å². The third-order valence-corrected chi connectivity index (χ3v) is 5.37. The number of rotatable bonds is 5. The van der Waals surface area contributed by atoms with Crippen LogP contribution in [0.4, 0.5) is 23.4 Å². The number of aromatic nitrogens is 2. The lowest BCUT2D eigenvalue weighted by Crippen LogP contribution is -2.37. The third kappa shape index (κ3) is 4.78. The quantitative estimate of drug-likeness (QED) is 0.577. The number of aliphatic carboxylic acids is 1. The maximum absolute atomic E-state index is 13.4. The normalized spacial score (nSPS) is 15.5. The van der Waals surface area contributed by atoms with Gasteiger partial charge in [0.25, 0.3) is 6.01 Å². The number of piperidine rings is 1. The second kappa shape index (κ2) is 8.16. The van der Waals surface area contributed by atoms with E-state index in [1.807, 2.05) is 4.90 Å². The highest BCUT2D eigenvalue weighted by Crippen LogP contribution is 2.33. The number of halogens is 4. The van der Waals surface area contributed by atoms with E-state index in [0.29, 0.717) is 54.0 Å². The molecular formula is C21H19F4N3O3. The lowest BCUT2D eigenvalue weighted by Gasteiger charge is -2.32. The first-order valence-electron chi connectivity index (χ1n) is 9.79. The average molecular weight is 437 g/mol. The number of benzene rings is 1. The van der Waals surface area contributed by atoms with E-state index >= 15 is 0 Å². The van der Waals surface area contributed by atoms with Crippen molar-refractivity contribution in [2.24, 2.45) is 5.92 Å². The van der Waals surface area contributed by atoms with Gasteiger partial charge in [0, 0.05) is 42.7 Å². The Bertz CT molecular complexity index is 1100. The van der Waals surface area contributed by atoms with Gasteiger partial charge in [0.1, 0.15) is 11.3 Å². The van der Waals surface area contributed by atoms with E-state index in [1.54, 1.807) is 18.2 Å². The smallest absolute Gasteiger partial charge is 0.389 e. The Morgan fingerprint density at radius 2 is 1.97 bits per heavy atom. The maximum Gasteiger partial charge on any atom is 0.389 e. The zero-order valence-corrected chi connectivity index (χ0v) is 16.3. The highest BCUT2D eigenvalue weighted by atomic mass is 19.4. The monoisotopic (exact) mass is 437 g/mol. The Morgan fingerprint density at radius 3 is 2.65 bits per heavy atom. The van der Waals surface area contributed by atoms with Crippen molar-refractivity contribution in [3.63, 3.8) is 0 Å². The number of fused-ring (bicyclic) bond motifs is 1. The van der Waals surface area contributed by atoms with Crippen LogP contribution in [0.3, 0.4) is 0 Å². The topological polar surface area (TPSA) is 79.5 Å². The lowest BCUT2D eigenvalue weighted by molar-refractivity contribution is -0.142. The molecule has 0 spiro atoms. The van der Waals surface area contributed by atoms with Gasteiger partial charge in [-0.2, -0.15) is 17.6 Å². The molecule has 0 aliphatic carbocycles. The second-order valence-electron chi connectivity index (χ2n) is 7.55. The minimum Gasteiger partial charge on any atom is -0.481 e. The van der Waals surface area contributed by atoms with Crippen molar-refractivity contribution < 1.29 is 31.9 Å². The first kappa shape index (κ1) is 21.1. The molecule has 1 aliphatic heterocycles. The molecular weight excluding hydrogens is 418 g/mol. The van der Waals surface area contributed by atoms with Gasteiger partial charge in [0.05, 0.1) is 11.6 Å². The van der Waals surface area contributed by atoms with Crippen LogP contribution >= 0.6 is 0 Å². The summed E-state index contributed by atoms with van der Waals surface area (Å²) in [6.07, 6.45) is -3.51. The lowest BCUT2D eigenvalue weighted by atomic mass is 9.96. The van der Waals surface area contributed by atoms with Crippen LogP contribution in [0, 0.1) is 11.9 Å². The molecule has 0 bridgehead atoms. The first-order chi connectivity index (χ1) is 14.7. The molecule has 1 aliphatic rings. The number of anilines is 1. The van der Waals surface area contributed by atoms with Gasteiger partial charge in [-0.25, -0.2) is 4.98 Å². The van der Waals surface area contributed by atoms with E-state index < -0.39 is 30.5 Å². The molecule has 0 saturated carbocycles. The molecule has 0 atom stereocenters. The zero-order chi connectivity index (χ0) is 22.2. The number of furan rings is 1. The first-order valence-corrected chi connectivity index (χ1v) is 9.79. The minimum absolute atomic E-state index is 0.201. The van der Waals surface area contributed by atoms with Crippen LogP contribution in [-0.4, -0.2) is 40.3 Å². The fraction of sp³-hybridized carbons (Fsp3) is 0.381. The Morgan fingerprint density at radius 1 is 1.23 bits per heavy atom. The Kier molecular flexibility index (Phi) is 5.55. The van der Waals surface area contributed by atoms with Crippen LogP contribution in [0.25, 0.3) is 22.2 Å². The fourth-order valence-electron chi connectivity index (χ4n) is 3.73. The number of carbonyl (C=O) groups is 1. The summed E-state index contributed by atoms with van der Waals surface area (Å²) in [5.74, 6) is -0.935. The Balaban J connectivity index is 1.70. The summed E-state index contributed by atoms with van der Waals surface area (Å²) in [4.78, 5) is 21.9. The minimum atomic E-state index is -4.31. The molecule has 4 rings (SSSR count). The van der Waals surface area contributed by atoms with Crippen molar-refractivity contribution in [3.05, 3.63) is 42.2 Å². The van der Waals surface area contributed by atoms with E-state index in [2.05, 4.69) is 9.97 Å². The number of alkyl halides is 3. The van der Waals surface area contributed by atoms with Crippen LogP contribution in [0.15, 0.2) is 34.9 Å². The molecule has 164 valence electrons. The summed E-state index contributed by atoms with van der Waals surface area (Å²) in [6.45, 7) is 0.786. The molecule has 1 saturated heterocycles. The molecule has 0 unspecified atom stereocenters. The molecule has 31 heavy (non-hydrogen) atoms. The van der Waals surface area contributed by atoms with Gasteiger partial charge in [-0.3, -0.25) is 9.78 Å². The summed E-state index contributed by atoms with van der Waals surface area (Å²) in [7, 11) is 0. The maximum atomic E-state index is 13.4. The standard InChI is InChI=1S/C21H19F4N3O3/c22-17-10-14-9-13(1-2-16(14)31-17)18-19(28-7-4-12(5-8-28)20(29)30)27-15(11-26-18)3-6-21(23,24)25/h1-2,9-12H,3-8H2,(H,29,30). The van der Waals surface area contributed by atoms with Gasteiger partial charge in [-0.15, -0.1) is 0 Å². The molecule has 1 aromatic carbocycles. The van der Waals surface area contributed by atoms with E-state index in [1.165, 1.54) is 12.3 Å². The second-order valence-corrected chi connectivity index (χ2v) is 7.55.